The molecule has 7 heteroatoms. The highest BCUT2D eigenvalue weighted by atomic mass is 35.5. The zero-order chi connectivity index (χ0) is 15.0. The van der Waals surface area contributed by atoms with Gasteiger partial charge in [-0.3, -0.25) is 9.59 Å². The van der Waals surface area contributed by atoms with Crippen molar-refractivity contribution in [2.24, 2.45) is 11.8 Å². The number of benzene rings is 1. The third-order valence-electron chi connectivity index (χ3n) is 3.89. The number of nitrogens with one attached hydrogen (secondary N) is 1. The van der Waals surface area contributed by atoms with Gasteiger partial charge in [0.25, 0.3) is 0 Å². The molecule has 3 rings (SSSR count). The molecule has 112 valence electrons. The molecule has 0 aromatic heterocycles. The number of hydrogen-bond acceptors (Lipinski definition) is 4. The Morgan fingerprint density at radius 2 is 1.86 bits per heavy atom. The molecule has 1 aromatic carbocycles. The summed E-state index contributed by atoms with van der Waals surface area (Å²) in [7, 11) is 0. The van der Waals surface area contributed by atoms with Crippen LogP contribution in [0.1, 0.15) is 19.3 Å². The average molecular weight is 312 g/mol. The number of amides is 1. The SMILES string of the molecule is O=C(O)C1CCCC1C(=O)Nc1cc2c(cc1Cl)OCO2. The third-order valence-corrected chi connectivity index (χ3v) is 4.20. The summed E-state index contributed by atoms with van der Waals surface area (Å²) in [6.07, 6.45) is 1.84. The van der Waals surface area contributed by atoms with Gasteiger partial charge in [-0.05, 0) is 12.8 Å². The molecule has 21 heavy (non-hydrogen) atoms. The Morgan fingerprint density at radius 3 is 2.57 bits per heavy atom. The molecular formula is C14H14ClNO5. The molecule has 0 radical (unpaired) electrons. The minimum Gasteiger partial charge on any atom is -0.481 e. The molecule has 1 aromatic rings. The number of carbonyl (C=O) groups excluding carboxylic acids is 1. The fourth-order valence-electron chi connectivity index (χ4n) is 2.81. The van der Waals surface area contributed by atoms with E-state index >= 15 is 0 Å². The van der Waals surface area contributed by atoms with Crippen molar-refractivity contribution in [3.63, 3.8) is 0 Å². The van der Waals surface area contributed by atoms with Gasteiger partial charge in [0.2, 0.25) is 12.7 Å². The lowest BCUT2D eigenvalue weighted by atomic mass is 9.95. The molecule has 1 aliphatic heterocycles. The molecule has 1 aliphatic carbocycles. The van der Waals surface area contributed by atoms with Gasteiger partial charge in [-0.1, -0.05) is 18.0 Å². The van der Waals surface area contributed by atoms with E-state index in [4.69, 9.17) is 26.2 Å². The van der Waals surface area contributed by atoms with Crippen LogP contribution in [0.15, 0.2) is 12.1 Å². The van der Waals surface area contributed by atoms with Crippen molar-refractivity contribution in [2.45, 2.75) is 19.3 Å². The van der Waals surface area contributed by atoms with Crippen molar-refractivity contribution >= 4 is 29.2 Å². The van der Waals surface area contributed by atoms with E-state index in [1.165, 1.54) is 0 Å². The number of carboxylic acids is 1. The number of carbonyl (C=O) groups is 2. The monoisotopic (exact) mass is 311 g/mol. The van der Waals surface area contributed by atoms with Gasteiger partial charge in [0.05, 0.1) is 22.5 Å². The molecule has 2 atom stereocenters. The van der Waals surface area contributed by atoms with E-state index in [9.17, 15) is 9.59 Å². The maximum Gasteiger partial charge on any atom is 0.307 e. The Morgan fingerprint density at radius 1 is 1.19 bits per heavy atom. The van der Waals surface area contributed by atoms with Crippen molar-refractivity contribution < 1.29 is 24.2 Å². The Balaban J connectivity index is 1.77. The Hall–Kier alpha value is -1.95. The number of aliphatic carboxylic acids is 1. The van der Waals surface area contributed by atoms with Crippen LogP contribution >= 0.6 is 11.6 Å². The average Bonchev–Trinajstić information content (AvgIpc) is 3.06. The second kappa shape index (κ2) is 5.44. The van der Waals surface area contributed by atoms with E-state index < -0.39 is 17.8 Å². The number of anilines is 1. The van der Waals surface area contributed by atoms with Gasteiger partial charge < -0.3 is 19.9 Å². The van der Waals surface area contributed by atoms with E-state index in [1.54, 1.807) is 12.1 Å². The summed E-state index contributed by atoms with van der Waals surface area (Å²) in [6, 6.07) is 3.16. The van der Waals surface area contributed by atoms with Gasteiger partial charge in [0, 0.05) is 12.1 Å². The van der Waals surface area contributed by atoms with Crippen molar-refractivity contribution in [2.75, 3.05) is 12.1 Å². The quantitative estimate of drug-likeness (QED) is 0.896. The smallest absolute Gasteiger partial charge is 0.307 e. The maximum absolute atomic E-state index is 12.3. The molecule has 0 saturated heterocycles. The zero-order valence-electron chi connectivity index (χ0n) is 11.1. The second-order valence-corrected chi connectivity index (χ2v) is 5.56. The van der Waals surface area contributed by atoms with Crippen molar-refractivity contribution in [1.82, 2.24) is 0 Å². The topological polar surface area (TPSA) is 84.9 Å². The van der Waals surface area contributed by atoms with Crippen LogP contribution in [0.25, 0.3) is 0 Å². The molecule has 0 bridgehead atoms. The summed E-state index contributed by atoms with van der Waals surface area (Å²) in [5.41, 5.74) is 0.405. The number of hydrogen-bond donors (Lipinski definition) is 2. The first-order chi connectivity index (χ1) is 10.1. The minimum absolute atomic E-state index is 0.118. The van der Waals surface area contributed by atoms with Gasteiger partial charge in [0.15, 0.2) is 11.5 Å². The summed E-state index contributed by atoms with van der Waals surface area (Å²) < 4.78 is 10.4. The highest BCUT2D eigenvalue weighted by Gasteiger charge is 2.38. The third kappa shape index (κ3) is 2.63. The summed E-state index contributed by atoms with van der Waals surface area (Å²) in [6.45, 7) is 0.118. The standard InChI is InChI=1S/C14H14ClNO5/c15-9-4-11-12(21-6-20-11)5-10(9)16-13(17)7-2-1-3-8(7)14(18)19/h4-5,7-8H,1-3,6H2,(H,16,17)(H,18,19). The largest absolute Gasteiger partial charge is 0.481 e. The second-order valence-electron chi connectivity index (χ2n) is 5.16. The van der Waals surface area contributed by atoms with Crippen LogP contribution in [0.3, 0.4) is 0 Å². The van der Waals surface area contributed by atoms with Crippen LogP contribution in [-0.4, -0.2) is 23.8 Å². The van der Waals surface area contributed by atoms with E-state index in [2.05, 4.69) is 5.32 Å². The van der Waals surface area contributed by atoms with Crippen LogP contribution in [0.2, 0.25) is 5.02 Å². The lowest BCUT2D eigenvalue weighted by molar-refractivity contribution is -0.145. The molecule has 6 nitrogen and oxygen atoms in total. The van der Waals surface area contributed by atoms with Crippen LogP contribution in [0.4, 0.5) is 5.69 Å². The molecule has 1 fully saturated rings. The van der Waals surface area contributed by atoms with Crippen LogP contribution in [-0.2, 0) is 9.59 Å². The van der Waals surface area contributed by atoms with E-state index in [1.807, 2.05) is 0 Å². The summed E-state index contributed by atoms with van der Waals surface area (Å²) in [4.78, 5) is 23.4. The lowest BCUT2D eigenvalue weighted by Gasteiger charge is -2.16. The van der Waals surface area contributed by atoms with E-state index in [-0.39, 0.29) is 12.7 Å². The van der Waals surface area contributed by atoms with Gasteiger partial charge >= 0.3 is 5.97 Å². The highest BCUT2D eigenvalue weighted by molar-refractivity contribution is 6.34. The normalized spacial score (nSPS) is 23.1. The maximum atomic E-state index is 12.3. The van der Waals surface area contributed by atoms with Crippen molar-refractivity contribution in [3.05, 3.63) is 17.2 Å². The molecule has 1 saturated carbocycles. The van der Waals surface area contributed by atoms with Gasteiger partial charge in [-0.15, -0.1) is 0 Å². The van der Waals surface area contributed by atoms with Gasteiger partial charge in [-0.25, -0.2) is 0 Å². The van der Waals surface area contributed by atoms with Crippen LogP contribution in [0, 0.1) is 11.8 Å². The molecular weight excluding hydrogens is 298 g/mol. The molecule has 1 heterocycles. The number of carboxylic acid groups (broad SMARTS) is 1. The van der Waals surface area contributed by atoms with E-state index in [0.29, 0.717) is 35.1 Å². The Kier molecular flexibility index (Phi) is 3.63. The first-order valence-corrected chi connectivity index (χ1v) is 7.07. The molecule has 2 N–H and O–H groups in total. The van der Waals surface area contributed by atoms with Crippen LogP contribution < -0.4 is 14.8 Å². The predicted octanol–water partition coefficient (Wildman–Crippen LogP) is 2.51. The number of halogens is 1. The van der Waals surface area contributed by atoms with Crippen molar-refractivity contribution in [3.8, 4) is 11.5 Å². The molecule has 1 amide bonds. The number of rotatable bonds is 3. The van der Waals surface area contributed by atoms with Gasteiger partial charge in [0.1, 0.15) is 0 Å². The predicted molar refractivity (Wildman–Crippen MR) is 74.7 cm³/mol. The van der Waals surface area contributed by atoms with Gasteiger partial charge in [-0.2, -0.15) is 0 Å². The van der Waals surface area contributed by atoms with E-state index in [0.717, 1.165) is 6.42 Å². The molecule has 0 spiro atoms. The first kappa shape index (κ1) is 14.0. The highest BCUT2D eigenvalue weighted by Crippen LogP contribution is 2.40. The zero-order valence-corrected chi connectivity index (χ0v) is 11.9. The van der Waals surface area contributed by atoms with Crippen LogP contribution in [0.5, 0.6) is 11.5 Å². The summed E-state index contributed by atoms with van der Waals surface area (Å²) >= 11 is 6.09. The number of ether oxygens (including phenoxy) is 2. The fraction of sp³-hybridized carbons (Fsp3) is 0.429. The summed E-state index contributed by atoms with van der Waals surface area (Å²) in [5.74, 6) is -1.36. The summed E-state index contributed by atoms with van der Waals surface area (Å²) in [5, 5.41) is 12.2. The first-order valence-electron chi connectivity index (χ1n) is 6.69. The fourth-order valence-corrected chi connectivity index (χ4v) is 3.01. The number of fused-ring (bicyclic) bond motifs is 1. The lowest BCUT2D eigenvalue weighted by Crippen LogP contribution is -2.30. The molecule has 2 unspecified atom stereocenters. The Labute approximate surface area is 126 Å². The molecule has 2 aliphatic rings. The minimum atomic E-state index is -0.926. The van der Waals surface area contributed by atoms with Crippen molar-refractivity contribution in [1.29, 1.82) is 0 Å². The Bertz CT molecular complexity index is 603.